The van der Waals surface area contributed by atoms with Gasteiger partial charge in [0.2, 0.25) is 5.91 Å². The van der Waals surface area contributed by atoms with Crippen molar-refractivity contribution in [2.45, 2.75) is 50.2 Å². The summed E-state index contributed by atoms with van der Waals surface area (Å²) < 4.78 is 0. The van der Waals surface area contributed by atoms with Crippen LogP contribution in [0.15, 0.2) is 12.2 Å². The molecule has 3 unspecified atom stereocenters. The maximum Gasteiger partial charge on any atom is 0.326 e. The molecule has 0 aromatic rings. The van der Waals surface area contributed by atoms with Crippen molar-refractivity contribution in [2.75, 3.05) is 0 Å². The van der Waals surface area contributed by atoms with Gasteiger partial charge in [0.1, 0.15) is 6.04 Å². The van der Waals surface area contributed by atoms with E-state index in [0.717, 1.165) is 19.3 Å². The van der Waals surface area contributed by atoms with Gasteiger partial charge in [-0.25, -0.2) is 4.79 Å². The SMILES string of the molecule is NC1C/C=C\CC2CCCC(C(=O)O)N2C1=O. The van der Waals surface area contributed by atoms with Crippen LogP contribution in [0.3, 0.4) is 0 Å². The van der Waals surface area contributed by atoms with Crippen molar-refractivity contribution in [3.05, 3.63) is 12.2 Å². The number of hydrogen-bond donors (Lipinski definition) is 2. The highest BCUT2D eigenvalue weighted by Crippen LogP contribution is 2.27. The van der Waals surface area contributed by atoms with Gasteiger partial charge in [0.25, 0.3) is 0 Å². The Labute approximate surface area is 100 Å². The number of hydrogen-bond acceptors (Lipinski definition) is 3. The summed E-state index contributed by atoms with van der Waals surface area (Å²) >= 11 is 0. The number of nitrogens with two attached hydrogens (primary N) is 1. The Morgan fingerprint density at radius 1 is 1.35 bits per heavy atom. The fraction of sp³-hybridized carbons (Fsp3) is 0.667. The van der Waals surface area contributed by atoms with Crippen molar-refractivity contribution in [1.29, 1.82) is 0 Å². The number of piperidine rings is 1. The zero-order chi connectivity index (χ0) is 12.4. The molecule has 5 heteroatoms. The second-order valence-electron chi connectivity index (χ2n) is 4.73. The van der Waals surface area contributed by atoms with Crippen LogP contribution in [0.5, 0.6) is 0 Å². The van der Waals surface area contributed by atoms with Gasteiger partial charge in [-0.1, -0.05) is 12.2 Å². The second-order valence-corrected chi connectivity index (χ2v) is 4.73. The summed E-state index contributed by atoms with van der Waals surface area (Å²) in [5, 5.41) is 9.19. The highest BCUT2D eigenvalue weighted by Gasteiger charge is 2.39. The van der Waals surface area contributed by atoms with Gasteiger partial charge in [0.05, 0.1) is 6.04 Å². The first-order valence-corrected chi connectivity index (χ1v) is 6.07. The fourth-order valence-electron chi connectivity index (χ4n) is 2.68. The standard InChI is InChI=1S/C12H18N2O3/c13-9-6-2-1-4-8-5-3-7-10(12(16)17)14(8)11(9)15/h1-2,8-10H,3-7,13H2,(H,16,17)/b2-1-. The van der Waals surface area contributed by atoms with Crippen molar-refractivity contribution in [1.82, 2.24) is 4.90 Å². The van der Waals surface area contributed by atoms with Crippen LogP contribution in [0.2, 0.25) is 0 Å². The molecule has 0 aromatic carbocycles. The number of carboxylic acid groups (broad SMARTS) is 1. The first-order valence-electron chi connectivity index (χ1n) is 6.07. The first-order chi connectivity index (χ1) is 8.11. The van der Waals surface area contributed by atoms with Gasteiger partial charge in [-0.2, -0.15) is 0 Å². The third-order valence-corrected chi connectivity index (χ3v) is 3.57. The van der Waals surface area contributed by atoms with Gasteiger partial charge < -0.3 is 15.7 Å². The molecule has 2 aliphatic heterocycles. The van der Waals surface area contributed by atoms with Crippen molar-refractivity contribution in [3.63, 3.8) is 0 Å². The molecular formula is C12H18N2O3. The van der Waals surface area contributed by atoms with Crippen LogP contribution in [0.4, 0.5) is 0 Å². The van der Waals surface area contributed by atoms with Crippen LogP contribution in [0, 0.1) is 0 Å². The number of fused-ring (bicyclic) bond motifs is 1. The molecule has 3 atom stereocenters. The average Bonchev–Trinajstić information content (AvgIpc) is 2.31. The molecule has 3 N–H and O–H groups in total. The highest BCUT2D eigenvalue weighted by molar-refractivity contribution is 5.87. The molecule has 0 saturated carbocycles. The van der Waals surface area contributed by atoms with Crippen molar-refractivity contribution in [3.8, 4) is 0 Å². The lowest BCUT2D eigenvalue weighted by molar-refractivity contribution is -0.155. The molecule has 94 valence electrons. The number of nitrogens with zero attached hydrogens (tertiary/aromatic N) is 1. The summed E-state index contributed by atoms with van der Waals surface area (Å²) in [6.45, 7) is 0. The van der Waals surface area contributed by atoms with Crippen LogP contribution in [-0.4, -0.2) is 40.0 Å². The van der Waals surface area contributed by atoms with Gasteiger partial charge in [0.15, 0.2) is 0 Å². The number of aliphatic carboxylic acids is 1. The minimum atomic E-state index is -0.917. The maximum atomic E-state index is 12.2. The van der Waals surface area contributed by atoms with E-state index in [1.54, 1.807) is 0 Å². The van der Waals surface area contributed by atoms with Crippen molar-refractivity contribution in [2.24, 2.45) is 5.73 Å². The number of amides is 1. The summed E-state index contributed by atoms with van der Waals surface area (Å²) in [5.74, 6) is -1.13. The molecule has 0 spiro atoms. The van der Waals surface area contributed by atoms with E-state index in [0.29, 0.717) is 12.8 Å². The monoisotopic (exact) mass is 238 g/mol. The average molecular weight is 238 g/mol. The minimum absolute atomic E-state index is 0.0000463. The number of carbonyl (C=O) groups excluding carboxylic acids is 1. The topological polar surface area (TPSA) is 83.6 Å². The van der Waals surface area contributed by atoms with E-state index in [1.807, 2.05) is 12.2 Å². The quantitative estimate of drug-likeness (QED) is 0.651. The lowest BCUT2D eigenvalue weighted by Crippen LogP contribution is -2.58. The maximum absolute atomic E-state index is 12.2. The lowest BCUT2D eigenvalue weighted by atomic mass is 9.91. The summed E-state index contributed by atoms with van der Waals surface area (Å²) in [7, 11) is 0. The Kier molecular flexibility index (Phi) is 3.47. The molecule has 5 nitrogen and oxygen atoms in total. The summed E-state index contributed by atoms with van der Waals surface area (Å²) in [6.07, 6.45) is 7.42. The first kappa shape index (κ1) is 12.1. The second kappa shape index (κ2) is 4.87. The van der Waals surface area contributed by atoms with Crippen molar-refractivity contribution >= 4 is 11.9 Å². The molecule has 1 fully saturated rings. The summed E-state index contributed by atoms with van der Waals surface area (Å²) in [4.78, 5) is 24.9. The van der Waals surface area contributed by atoms with Gasteiger partial charge in [-0.15, -0.1) is 0 Å². The number of rotatable bonds is 1. The predicted molar refractivity (Wildman–Crippen MR) is 62.3 cm³/mol. The Balaban J connectivity index is 2.28. The van der Waals surface area contributed by atoms with Gasteiger partial charge in [-0.3, -0.25) is 4.79 Å². The molecule has 1 saturated heterocycles. The molecule has 0 radical (unpaired) electrons. The largest absolute Gasteiger partial charge is 0.480 e. The molecule has 2 heterocycles. The summed E-state index contributed by atoms with van der Waals surface area (Å²) in [6, 6.07) is -1.30. The van der Waals surface area contributed by atoms with E-state index in [9.17, 15) is 14.7 Å². The normalized spacial score (nSPS) is 35.7. The van der Waals surface area contributed by atoms with Crippen LogP contribution in [-0.2, 0) is 9.59 Å². The van der Waals surface area contributed by atoms with E-state index in [2.05, 4.69) is 0 Å². The predicted octanol–water partition coefficient (Wildman–Crippen LogP) is 0.498. The zero-order valence-electron chi connectivity index (χ0n) is 9.71. The Bertz CT molecular complexity index is 354. The smallest absolute Gasteiger partial charge is 0.326 e. The number of carboxylic acids is 1. The van der Waals surface area contributed by atoms with Gasteiger partial charge in [-0.05, 0) is 32.1 Å². The Hall–Kier alpha value is -1.36. The third kappa shape index (κ3) is 2.34. The van der Waals surface area contributed by atoms with Crippen LogP contribution in [0.1, 0.15) is 32.1 Å². The molecule has 0 aliphatic carbocycles. The molecular weight excluding hydrogens is 220 g/mol. The van der Waals surface area contributed by atoms with Gasteiger partial charge >= 0.3 is 5.97 Å². The fourth-order valence-corrected chi connectivity index (χ4v) is 2.68. The molecule has 2 aliphatic rings. The van der Waals surface area contributed by atoms with Crippen LogP contribution >= 0.6 is 0 Å². The van der Waals surface area contributed by atoms with E-state index in [-0.39, 0.29) is 11.9 Å². The van der Waals surface area contributed by atoms with E-state index >= 15 is 0 Å². The van der Waals surface area contributed by atoms with Crippen molar-refractivity contribution < 1.29 is 14.7 Å². The lowest BCUT2D eigenvalue weighted by Gasteiger charge is -2.41. The molecule has 0 bridgehead atoms. The van der Waals surface area contributed by atoms with E-state index in [4.69, 9.17) is 5.73 Å². The molecule has 17 heavy (non-hydrogen) atoms. The number of carbonyl (C=O) groups is 2. The van der Waals surface area contributed by atoms with Gasteiger partial charge in [0, 0.05) is 6.04 Å². The minimum Gasteiger partial charge on any atom is -0.480 e. The molecule has 1 amide bonds. The summed E-state index contributed by atoms with van der Waals surface area (Å²) in [5.41, 5.74) is 5.78. The molecule has 0 aromatic heterocycles. The zero-order valence-corrected chi connectivity index (χ0v) is 9.71. The van der Waals surface area contributed by atoms with E-state index in [1.165, 1.54) is 4.90 Å². The van der Waals surface area contributed by atoms with Crippen LogP contribution in [0.25, 0.3) is 0 Å². The highest BCUT2D eigenvalue weighted by atomic mass is 16.4. The van der Waals surface area contributed by atoms with E-state index < -0.39 is 18.1 Å². The Morgan fingerprint density at radius 2 is 2.06 bits per heavy atom. The van der Waals surface area contributed by atoms with Crippen LogP contribution < -0.4 is 5.73 Å². The molecule has 2 rings (SSSR count). The third-order valence-electron chi connectivity index (χ3n) is 3.57. The Morgan fingerprint density at radius 3 is 2.76 bits per heavy atom.